The van der Waals surface area contributed by atoms with E-state index in [1.165, 1.54) is 19.2 Å². The van der Waals surface area contributed by atoms with Crippen molar-refractivity contribution < 1.29 is 28.7 Å². The predicted molar refractivity (Wildman–Crippen MR) is 101 cm³/mol. The smallest absolute Gasteiger partial charge is 0.344 e. The molecule has 2 aromatic rings. The van der Waals surface area contributed by atoms with E-state index in [1.807, 2.05) is 6.92 Å². The van der Waals surface area contributed by atoms with Gasteiger partial charge in [0.25, 0.3) is 11.6 Å². The van der Waals surface area contributed by atoms with Gasteiger partial charge in [0.05, 0.1) is 22.7 Å². The Hall–Kier alpha value is -3.33. The Morgan fingerprint density at radius 2 is 1.89 bits per heavy atom. The number of non-ortho nitro benzene ring substituents is 1. The Balaban J connectivity index is 1.88. The number of halogens is 1. The minimum atomic E-state index is -0.779. The summed E-state index contributed by atoms with van der Waals surface area (Å²) in [5, 5.41) is 13.6. The number of aryl methyl sites for hydroxylation is 1. The molecule has 0 atom stereocenters. The van der Waals surface area contributed by atoms with Gasteiger partial charge >= 0.3 is 5.97 Å². The molecule has 0 saturated heterocycles. The van der Waals surface area contributed by atoms with Crippen molar-refractivity contribution in [3.8, 4) is 11.5 Å². The topological polar surface area (TPSA) is 117 Å². The lowest BCUT2D eigenvalue weighted by Gasteiger charge is -2.11. The molecule has 2 rings (SSSR count). The second-order valence-electron chi connectivity index (χ2n) is 5.57. The van der Waals surface area contributed by atoms with Gasteiger partial charge in [-0.05, 0) is 30.7 Å². The molecule has 0 bridgehead atoms. The number of rotatable bonds is 8. The lowest BCUT2D eigenvalue weighted by Crippen LogP contribution is -2.24. The van der Waals surface area contributed by atoms with E-state index >= 15 is 0 Å². The molecule has 0 aliphatic heterocycles. The molecule has 148 valence electrons. The third-order valence-corrected chi connectivity index (χ3v) is 3.78. The number of nitrogens with one attached hydrogen (secondary N) is 1. The number of nitro groups is 1. The Kier molecular flexibility index (Phi) is 7.16. The van der Waals surface area contributed by atoms with E-state index in [0.717, 1.165) is 11.6 Å². The van der Waals surface area contributed by atoms with E-state index in [4.69, 9.17) is 25.8 Å². The van der Waals surface area contributed by atoms with Crippen LogP contribution in [0.15, 0.2) is 36.4 Å². The zero-order chi connectivity index (χ0) is 20.7. The molecule has 0 unspecified atom stereocenters. The first-order valence-corrected chi connectivity index (χ1v) is 8.35. The third kappa shape index (κ3) is 5.85. The molecular weight excluding hydrogens is 392 g/mol. The van der Waals surface area contributed by atoms with Crippen LogP contribution in [0.4, 0.5) is 11.4 Å². The number of ether oxygens (including phenoxy) is 3. The van der Waals surface area contributed by atoms with Gasteiger partial charge < -0.3 is 19.5 Å². The highest BCUT2D eigenvalue weighted by molar-refractivity contribution is 6.32. The van der Waals surface area contributed by atoms with E-state index in [9.17, 15) is 19.7 Å². The first-order chi connectivity index (χ1) is 13.3. The van der Waals surface area contributed by atoms with Crippen LogP contribution in [-0.2, 0) is 14.3 Å². The zero-order valence-electron chi connectivity index (χ0n) is 15.1. The van der Waals surface area contributed by atoms with E-state index in [-0.39, 0.29) is 17.1 Å². The van der Waals surface area contributed by atoms with Gasteiger partial charge in [0.2, 0.25) is 0 Å². The Morgan fingerprint density at radius 3 is 2.57 bits per heavy atom. The highest BCUT2D eigenvalue weighted by Gasteiger charge is 2.15. The van der Waals surface area contributed by atoms with Gasteiger partial charge in [0.1, 0.15) is 11.5 Å². The van der Waals surface area contributed by atoms with Gasteiger partial charge in [-0.3, -0.25) is 14.9 Å². The molecule has 2 aromatic carbocycles. The molecule has 1 amide bonds. The molecule has 0 radical (unpaired) electrons. The molecule has 0 fully saturated rings. The molecule has 1 N–H and O–H groups in total. The fourth-order valence-corrected chi connectivity index (χ4v) is 2.31. The number of hydrogen-bond acceptors (Lipinski definition) is 7. The van der Waals surface area contributed by atoms with Gasteiger partial charge in [-0.15, -0.1) is 0 Å². The summed E-state index contributed by atoms with van der Waals surface area (Å²) in [5.41, 5.74) is 0.759. The molecule has 10 heteroatoms. The summed E-state index contributed by atoms with van der Waals surface area (Å²) in [7, 11) is 1.35. The molecule has 0 spiro atoms. The average molecular weight is 409 g/mol. The van der Waals surface area contributed by atoms with Gasteiger partial charge in [-0.2, -0.15) is 0 Å². The maximum Gasteiger partial charge on any atom is 0.344 e. The first kappa shape index (κ1) is 21.0. The summed E-state index contributed by atoms with van der Waals surface area (Å²) < 4.78 is 15.1. The van der Waals surface area contributed by atoms with Crippen molar-refractivity contribution >= 4 is 34.9 Å². The minimum Gasteiger partial charge on any atom is -0.495 e. The molecule has 9 nitrogen and oxygen atoms in total. The van der Waals surface area contributed by atoms with Gasteiger partial charge in [-0.25, -0.2) is 4.79 Å². The molecule has 0 aromatic heterocycles. The number of methoxy groups -OCH3 is 1. The average Bonchev–Trinajstić information content (AvgIpc) is 2.66. The monoisotopic (exact) mass is 408 g/mol. The predicted octanol–water partition coefficient (Wildman–Crippen LogP) is 3.13. The summed E-state index contributed by atoms with van der Waals surface area (Å²) in [5.74, 6) is -0.924. The maximum atomic E-state index is 12.0. The van der Waals surface area contributed by atoms with E-state index in [1.54, 1.807) is 18.2 Å². The largest absolute Gasteiger partial charge is 0.495 e. The molecule has 0 aliphatic rings. The number of anilines is 1. The van der Waals surface area contributed by atoms with Crippen molar-refractivity contribution in [2.45, 2.75) is 6.92 Å². The number of carbonyl (C=O) groups is 2. The number of nitro benzene ring substituents is 1. The van der Waals surface area contributed by atoms with Crippen LogP contribution >= 0.6 is 11.6 Å². The molecule has 0 saturated carbocycles. The first-order valence-electron chi connectivity index (χ1n) is 7.97. The van der Waals surface area contributed by atoms with Crippen molar-refractivity contribution in [1.29, 1.82) is 0 Å². The Labute approximate surface area is 165 Å². The van der Waals surface area contributed by atoms with Crippen LogP contribution in [0.2, 0.25) is 5.02 Å². The molecule has 0 heterocycles. The number of nitrogens with zero attached hydrogens (tertiary/aromatic N) is 1. The summed E-state index contributed by atoms with van der Waals surface area (Å²) in [4.78, 5) is 34.0. The van der Waals surface area contributed by atoms with Crippen LogP contribution in [0, 0.1) is 17.0 Å². The van der Waals surface area contributed by atoms with Crippen LogP contribution in [0.1, 0.15) is 5.56 Å². The fraction of sp³-hybridized carbons (Fsp3) is 0.222. The SMILES string of the molecule is COc1ccc([N+](=O)[O-])cc1NC(=O)COC(=O)COc1cc(C)ccc1Cl. The van der Waals surface area contributed by atoms with E-state index < -0.39 is 30.0 Å². The van der Waals surface area contributed by atoms with E-state index in [0.29, 0.717) is 10.8 Å². The highest BCUT2D eigenvalue weighted by Crippen LogP contribution is 2.29. The lowest BCUT2D eigenvalue weighted by atomic mass is 10.2. The van der Waals surface area contributed by atoms with Crippen molar-refractivity contribution in [3.63, 3.8) is 0 Å². The zero-order valence-corrected chi connectivity index (χ0v) is 15.8. The van der Waals surface area contributed by atoms with Crippen molar-refractivity contribution in [1.82, 2.24) is 0 Å². The van der Waals surface area contributed by atoms with Crippen LogP contribution in [-0.4, -0.2) is 37.1 Å². The number of benzene rings is 2. The van der Waals surface area contributed by atoms with Crippen LogP contribution in [0.25, 0.3) is 0 Å². The summed E-state index contributed by atoms with van der Waals surface area (Å²) >= 11 is 5.96. The Morgan fingerprint density at radius 1 is 1.14 bits per heavy atom. The van der Waals surface area contributed by atoms with Crippen molar-refractivity contribution in [2.75, 3.05) is 25.6 Å². The number of amides is 1. The van der Waals surface area contributed by atoms with Crippen molar-refractivity contribution in [3.05, 3.63) is 57.1 Å². The van der Waals surface area contributed by atoms with Gasteiger partial charge in [0.15, 0.2) is 13.2 Å². The van der Waals surface area contributed by atoms with Crippen LogP contribution in [0.5, 0.6) is 11.5 Å². The van der Waals surface area contributed by atoms with Gasteiger partial charge in [-0.1, -0.05) is 17.7 Å². The number of carbonyl (C=O) groups excluding carboxylic acids is 2. The quantitative estimate of drug-likeness (QED) is 0.405. The summed E-state index contributed by atoms with van der Waals surface area (Å²) in [6, 6.07) is 8.82. The fourth-order valence-electron chi connectivity index (χ4n) is 2.14. The third-order valence-electron chi connectivity index (χ3n) is 3.46. The number of hydrogen-bond donors (Lipinski definition) is 1. The summed E-state index contributed by atoms with van der Waals surface area (Å²) in [6.07, 6.45) is 0. The van der Waals surface area contributed by atoms with Crippen LogP contribution < -0.4 is 14.8 Å². The summed E-state index contributed by atoms with van der Waals surface area (Å²) in [6.45, 7) is 0.806. The normalized spacial score (nSPS) is 10.1. The van der Waals surface area contributed by atoms with Crippen LogP contribution in [0.3, 0.4) is 0 Å². The standard InChI is InChI=1S/C18H17ClN2O7/c1-11-3-5-13(19)16(7-11)27-10-18(23)28-9-17(22)20-14-8-12(21(24)25)4-6-15(14)26-2/h3-8H,9-10H2,1-2H3,(H,20,22). The minimum absolute atomic E-state index is 0.0838. The Bertz CT molecular complexity index is 901. The highest BCUT2D eigenvalue weighted by atomic mass is 35.5. The number of esters is 1. The van der Waals surface area contributed by atoms with E-state index in [2.05, 4.69) is 5.32 Å². The maximum absolute atomic E-state index is 12.0. The molecule has 0 aliphatic carbocycles. The lowest BCUT2D eigenvalue weighted by molar-refractivity contribution is -0.384. The van der Waals surface area contributed by atoms with Gasteiger partial charge in [0, 0.05) is 12.1 Å². The molecular formula is C18H17ClN2O7. The van der Waals surface area contributed by atoms with Crippen molar-refractivity contribution in [2.24, 2.45) is 0 Å². The second kappa shape index (κ2) is 9.56. The second-order valence-corrected chi connectivity index (χ2v) is 5.98. The molecule has 28 heavy (non-hydrogen) atoms.